The Morgan fingerprint density at radius 3 is 2.80 bits per heavy atom. The molecule has 1 fully saturated rings. The quantitative estimate of drug-likeness (QED) is 0.492. The Morgan fingerprint density at radius 1 is 1.30 bits per heavy atom. The number of benzene rings is 1. The van der Waals surface area contributed by atoms with Crippen LogP contribution in [-0.4, -0.2) is 23.6 Å². The molecule has 1 aromatic carbocycles. The molecule has 1 amide bonds. The summed E-state index contributed by atoms with van der Waals surface area (Å²) in [6.07, 6.45) is 7.34. The zero-order valence-corrected chi connectivity index (χ0v) is 13.8. The van der Waals surface area contributed by atoms with Crippen LogP contribution in [0.3, 0.4) is 0 Å². The van der Waals surface area contributed by atoms with E-state index in [4.69, 9.17) is 23.2 Å². The predicted molar refractivity (Wildman–Crippen MR) is 87.2 cm³/mol. The normalized spacial score (nSPS) is 23.1. The molecule has 0 saturated heterocycles. The predicted octanol–water partition coefficient (Wildman–Crippen LogP) is 4.73. The molecule has 1 aromatic rings. The molecule has 0 heterocycles. The molecule has 0 bridgehead atoms. The van der Waals surface area contributed by atoms with Crippen LogP contribution in [-0.2, 0) is 0 Å². The van der Waals surface area contributed by atoms with Gasteiger partial charge in [-0.25, -0.2) is 0 Å². The topological polar surface area (TPSA) is 29.1 Å². The van der Waals surface area contributed by atoms with Crippen molar-refractivity contribution in [2.24, 2.45) is 0 Å². The van der Waals surface area contributed by atoms with Gasteiger partial charge in [0.25, 0.3) is 5.91 Å². The SMILES string of the molecule is CSc1ccc(Cl)c(C(=O)NC2CCCCCC2Cl)c1. The van der Waals surface area contributed by atoms with Crippen LogP contribution >= 0.6 is 35.0 Å². The van der Waals surface area contributed by atoms with E-state index in [1.54, 1.807) is 17.8 Å². The van der Waals surface area contributed by atoms with Gasteiger partial charge in [0.05, 0.1) is 16.0 Å². The van der Waals surface area contributed by atoms with Gasteiger partial charge < -0.3 is 5.32 Å². The summed E-state index contributed by atoms with van der Waals surface area (Å²) in [7, 11) is 0. The van der Waals surface area contributed by atoms with Gasteiger partial charge in [-0.1, -0.05) is 30.9 Å². The van der Waals surface area contributed by atoms with E-state index in [-0.39, 0.29) is 17.3 Å². The second-order valence-corrected chi connectivity index (χ2v) is 6.93. The van der Waals surface area contributed by atoms with Gasteiger partial charge in [-0.3, -0.25) is 4.79 Å². The zero-order chi connectivity index (χ0) is 14.5. The van der Waals surface area contributed by atoms with Crippen molar-refractivity contribution in [1.29, 1.82) is 0 Å². The van der Waals surface area contributed by atoms with Crippen LogP contribution in [0.25, 0.3) is 0 Å². The molecule has 5 heteroatoms. The number of rotatable bonds is 3. The van der Waals surface area contributed by atoms with E-state index in [9.17, 15) is 4.79 Å². The number of hydrogen-bond donors (Lipinski definition) is 1. The number of amides is 1. The largest absolute Gasteiger partial charge is 0.348 e. The van der Waals surface area contributed by atoms with Crippen molar-refractivity contribution in [2.75, 3.05) is 6.26 Å². The molecule has 1 aliphatic rings. The highest BCUT2D eigenvalue weighted by molar-refractivity contribution is 7.98. The van der Waals surface area contributed by atoms with E-state index in [0.717, 1.165) is 30.6 Å². The van der Waals surface area contributed by atoms with Crippen LogP contribution in [0, 0.1) is 0 Å². The smallest absolute Gasteiger partial charge is 0.253 e. The summed E-state index contributed by atoms with van der Waals surface area (Å²) in [6.45, 7) is 0. The van der Waals surface area contributed by atoms with E-state index >= 15 is 0 Å². The summed E-state index contributed by atoms with van der Waals surface area (Å²) in [5.41, 5.74) is 0.534. The summed E-state index contributed by atoms with van der Waals surface area (Å²) in [6, 6.07) is 5.57. The lowest BCUT2D eigenvalue weighted by Gasteiger charge is -2.21. The Morgan fingerprint density at radius 2 is 2.05 bits per heavy atom. The number of thioether (sulfide) groups is 1. The first-order chi connectivity index (χ1) is 9.61. The van der Waals surface area contributed by atoms with Crippen LogP contribution in [0.4, 0.5) is 0 Å². The fourth-order valence-electron chi connectivity index (χ4n) is 2.48. The van der Waals surface area contributed by atoms with Gasteiger partial charge >= 0.3 is 0 Å². The number of alkyl halides is 1. The first-order valence-electron chi connectivity index (χ1n) is 6.90. The second-order valence-electron chi connectivity index (χ2n) is 5.08. The molecule has 2 unspecified atom stereocenters. The van der Waals surface area contributed by atoms with Gasteiger partial charge in [-0.2, -0.15) is 0 Å². The van der Waals surface area contributed by atoms with E-state index in [1.165, 1.54) is 6.42 Å². The number of nitrogens with one attached hydrogen (secondary N) is 1. The van der Waals surface area contributed by atoms with E-state index in [2.05, 4.69) is 5.32 Å². The summed E-state index contributed by atoms with van der Waals surface area (Å²) < 4.78 is 0. The van der Waals surface area contributed by atoms with Crippen molar-refractivity contribution in [3.63, 3.8) is 0 Å². The van der Waals surface area contributed by atoms with Gasteiger partial charge in [0.1, 0.15) is 0 Å². The van der Waals surface area contributed by atoms with Gasteiger partial charge in [-0.05, 0) is 37.3 Å². The molecule has 0 spiro atoms. The highest BCUT2D eigenvalue weighted by Gasteiger charge is 2.24. The van der Waals surface area contributed by atoms with Gasteiger partial charge in [-0.15, -0.1) is 23.4 Å². The highest BCUT2D eigenvalue weighted by Crippen LogP contribution is 2.25. The number of hydrogen-bond acceptors (Lipinski definition) is 2. The first kappa shape index (κ1) is 16.0. The summed E-state index contributed by atoms with van der Waals surface area (Å²) in [5.74, 6) is -0.122. The van der Waals surface area contributed by atoms with Gasteiger partial charge in [0.15, 0.2) is 0 Å². The molecule has 20 heavy (non-hydrogen) atoms. The summed E-state index contributed by atoms with van der Waals surface area (Å²) in [5, 5.41) is 3.56. The molecule has 110 valence electrons. The minimum absolute atomic E-state index is 0.0176. The summed E-state index contributed by atoms with van der Waals surface area (Å²) >= 11 is 14.1. The Kier molecular flexibility index (Phi) is 6.06. The monoisotopic (exact) mass is 331 g/mol. The van der Waals surface area contributed by atoms with Crippen molar-refractivity contribution >= 4 is 40.9 Å². The molecule has 0 radical (unpaired) electrons. The number of carbonyl (C=O) groups excluding carboxylic acids is 1. The minimum atomic E-state index is -0.122. The molecule has 0 aromatic heterocycles. The third-order valence-corrected chi connectivity index (χ3v) is 5.24. The van der Waals surface area contributed by atoms with E-state index in [0.29, 0.717) is 10.6 Å². The molecule has 1 saturated carbocycles. The molecular weight excluding hydrogens is 313 g/mol. The third kappa shape index (κ3) is 4.06. The number of carbonyl (C=O) groups is 1. The van der Waals surface area contributed by atoms with E-state index < -0.39 is 0 Å². The lowest BCUT2D eigenvalue weighted by Crippen LogP contribution is -2.40. The molecule has 2 nitrogen and oxygen atoms in total. The average molecular weight is 332 g/mol. The Hall–Kier alpha value is -0.380. The van der Waals surface area contributed by atoms with Gasteiger partial charge in [0, 0.05) is 10.9 Å². The van der Waals surface area contributed by atoms with Crippen molar-refractivity contribution < 1.29 is 4.79 Å². The third-order valence-electron chi connectivity index (χ3n) is 3.67. The zero-order valence-electron chi connectivity index (χ0n) is 11.5. The fraction of sp³-hybridized carbons (Fsp3) is 0.533. The lowest BCUT2D eigenvalue weighted by molar-refractivity contribution is 0.0934. The Bertz CT molecular complexity index is 481. The van der Waals surface area contributed by atoms with Crippen LogP contribution in [0.5, 0.6) is 0 Å². The van der Waals surface area contributed by atoms with E-state index in [1.807, 2.05) is 18.4 Å². The molecule has 2 rings (SSSR count). The van der Waals surface area contributed by atoms with Crippen LogP contribution in [0.2, 0.25) is 5.02 Å². The molecule has 1 aliphatic carbocycles. The lowest BCUT2D eigenvalue weighted by atomic mass is 10.1. The van der Waals surface area contributed by atoms with Crippen LogP contribution < -0.4 is 5.32 Å². The maximum absolute atomic E-state index is 12.4. The van der Waals surface area contributed by atoms with Crippen LogP contribution in [0.1, 0.15) is 42.5 Å². The minimum Gasteiger partial charge on any atom is -0.348 e. The van der Waals surface area contributed by atoms with Gasteiger partial charge in [0.2, 0.25) is 0 Å². The maximum atomic E-state index is 12.4. The molecular formula is C15H19Cl2NOS. The van der Waals surface area contributed by atoms with Crippen molar-refractivity contribution in [1.82, 2.24) is 5.32 Å². The second kappa shape index (κ2) is 7.58. The standard InChI is InChI=1S/C15H19Cl2NOS/c1-20-10-7-8-12(16)11(9-10)15(19)18-14-6-4-2-3-5-13(14)17/h7-9,13-14H,2-6H2,1H3,(H,18,19). The first-order valence-corrected chi connectivity index (χ1v) is 8.94. The van der Waals surface area contributed by atoms with Crippen molar-refractivity contribution in [3.05, 3.63) is 28.8 Å². The maximum Gasteiger partial charge on any atom is 0.253 e. The van der Waals surface area contributed by atoms with Crippen LogP contribution in [0.15, 0.2) is 23.1 Å². The molecule has 0 aliphatic heterocycles. The van der Waals surface area contributed by atoms with Crippen molar-refractivity contribution in [2.45, 2.75) is 48.4 Å². The Labute approximate surface area is 134 Å². The highest BCUT2D eigenvalue weighted by atomic mass is 35.5. The number of halogens is 2. The fourth-order valence-corrected chi connectivity index (χ4v) is 3.46. The molecule has 1 N–H and O–H groups in total. The molecule has 2 atom stereocenters. The Balaban J connectivity index is 2.10. The average Bonchev–Trinajstić information content (AvgIpc) is 2.64. The van der Waals surface area contributed by atoms with Crippen molar-refractivity contribution in [3.8, 4) is 0 Å². The summed E-state index contributed by atoms with van der Waals surface area (Å²) in [4.78, 5) is 13.4.